The molecule has 0 bridgehead atoms. The zero-order valence-corrected chi connectivity index (χ0v) is 24.0. The van der Waals surface area contributed by atoms with E-state index in [1.54, 1.807) is 7.11 Å². The fourth-order valence-electron chi connectivity index (χ4n) is 5.84. The van der Waals surface area contributed by atoms with Crippen LogP contribution in [-0.2, 0) is 9.59 Å². The minimum absolute atomic E-state index is 0.0776. The maximum Gasteiger partial charge on any atom is 0.308 e. The highest BCUT2D eigenvalue weighted by Crippen LogP contribution is 2.48. The van der Waals surface area contributed by atoms with E-state index in [9.17, 15) is 14.7 Å². The van der Waals surface area contributed by atoms with Crippen LogP contribution in [0.15, 0.2) is 24.3 Å². The Morgan fingerprint density at radius 1 is 1.18 bits per heavy atom. The highest BCUT2D eigenvalue weighted by molar-refractivity contribution is 5.79. The summed E-state index contributed by atoms with van der Waals surface area (Å²) >= 11 is 0. The van der Waals surface area contributed by atoms with Crippen LogP contribution in [0.2, 0.25) is 0 Å². The van der Waals surface area contributed by atoms with Gasteiger partial charge >= 0.3 is 5.97 Å². The van der Waals surface area contributed by atoms with E-state index in [4.69, 9.17) is 14.2 Å². The molecule has 2 aliphatic rings. The smallest absolute Gasteiger partial charge is 0.308 e. The summed E-state index contributed by atoms with van der Waals surface area (Å²) in [4.78, 5) is 30.5. The van der Waals surface area contributed by atoms with Gasteiger partial charge < -0.3 is 24.2 Å². The Morgan fingerprint density at radius 2 is 1.87 bits per heavy atom. The summed E-state index contributed by atoms with van der Waals surface area (Å²) in [6.07, 6.45) is 8.73. The summed E-state index contributed by atoms with van der Waals surface area (Å²) < 4.78 is 16.8. The Bertz CT molecular complexity index is 983. The maximum absolute atomic E-state index is 13.6. The molecular formula is C30H46N2O6. The number of unbranched alkanes of at least 4 members (excludes halogenated alkanes) is 2. The van der Waals surface area contributed by atoms with Crippen LogP contribution >= 0.6 is 0 Å². The highest BCUT2D eigenvalue weighted by atomic mass is 16.7. The number of carbonyl (C=O) groups is 2. The van der Waals surface area contributed by atoms with E-state index >= 15 is 0 Å². The number of fused-ring (bicyclic) bond motifs is 1. The van der Waals surface area contributed by atoms with E-state index in [1.165, 1.54) is 0 Å². The van der Waals surface area contributed by atoms with Crippen molar-refractivity contribution in [3.63, 3.8) is 0 Å². The molecule has 1 N–H and O–H groups in total. The third-order valence-corrected chi connectivity index (χ3v) is 7.75. The molecule has 1 aromatic rings. The summed E-state index contributed by atoms with van der Waals surface area (Å²) in [7, 11) is 1.57. The minimum Gasteiger partial charge on any atom is -0.493 e. The second-order valence-corrected chi connectivity index (χ2v) is 11.2. The zero-order chi connectivity index (χ0) is 27.9. The van der Waals surface area contributed by atoms with Gasteiger partial charge in [0, 0.05) is 31.6 Å². The average Bonchev–Trinajstić information content (AvgIpc) is 3.48. The number of amides is 1. The Balaban J connectivity index is 1.97. The van der Waals surface area contributed by atoms with Gasteiger partial charge in [0.1, 0.15) is 0 Å². The van der Waals surface area contributed by atoms with Gasteiger partial charge in [0.25, 0.3) is 0 Å². The van der Waals surface area contributed by atoms with Crippen LogP contribution in [0.3, 0.4) is 0 Å². The van der Waals surface area contributed by atoms with Crippen LogP contribution in [0, 0.1) is 11.3 Å². The molecule has 1 amide bonds. The number of carbonyl (C=O) groups excluding carboxylic acids is 1. The van der Waals surface area contributed by atoms with Crippen molar-refractivity contribution in [3.8, 4) is 17.2 Å². The Morgan fingerprint density at radius 3 is 2.45 bits per heavy atom. The maximum atomic E-state index is 13.6. The summed E-state index contributed by atoms with van der Waals surface area (Å²) in [6, 6.07) is 3.44. The molecule has 8 nitrogen and oxygen atoms in total. The second kappa shape index (κ2) is 13.4. The lowest BCUT2D eigenvalue weighted by atomic mass is 9.77. The first-order chi connectivity index (χ1) is 18.1. The quantitative estimate of drug-likeness (QED) is 0.326. The molecule has 38 heavy (non-hydrogen) atoms. The lowest BCUT2D eigenvalue weighted by molar-refractivity contribution is -0.144. The summed E-state index contributed by atoms with van der Waals surface area (Å²) in [5.41, 5.74) is 0.607. The van der Waals surface area contributed by atoms with Crippen LogP contribution in [0.4, 0.5) is 0 Å². The molecule has 2 aliphatic heterocycles. The topological polar surface area (TPSA) is 88.5 Å². The molecule has 0 saturated carbocycles. The number of hydrogen-bond acceptors (Lipinski definition) is 6. The first-order valence-corrected chi connectivity index (χ1v) is 14.0. The summed E-state index contributed by atoms with van der Waals surface area (Å²) in [6.45, 7) is 12.8. The molecule has 3 unspecified atom stereocenters. The number of carboxylic acids is 1. The second-order valence-electron chi connectivity index (χ2n) is 11.2. The number of rotatable bonds is 14. The molecule has 3 atom stereocenters. The van der Waals surface area contributed by atoms with Crippen LogP contribution in [0.25, 0.3) is 0 Å². The number of ether oxygens (including phenoxy) is 3. The van der Waals surface area contributed by atoms with E-state index in [0.29, 0.717) is 30.2 Å². The SMILES string of the molecule is CC=CC(C)(C)CC1C(C(=O)O)C(c2cc(OC)c3c(c2)OCO3)CN1CC(=O)N(CCCC)CCCC. The van der Waals surface area contributed by atoms with E-state index in [2.05, 4.69) is 38.7 Å². The number of carboxylic acid groups (broad SMARTS) is 1. The van der Waals surface area contributed by atoms with Gasteiger partial charge in [0.05, 0.1) is 19.6 Å². The Hall–Kier alpha value is -2.74. The molecule has 3 rings (SSSR count). The molecule has 1 aromatic carbocycles. The summed E-state index contributed by atoms with van der Waals surface area (Å²) in [5, 5.41) is 10.5. The number of likely N-dealkylation sites (tertiary alicyclic amines) is 1. The first kappa shape index (κ1) is 29.8. The van der Waals surface area contributed by atoms with Crippen molar-refractivity contribution in [2.24, 2.45) is 11.3 Å². The first-order valence-electron chi connectivity index (χ1n) is 14.0. The molecule has 2 heterocycles. The van der Waals surface area contributed by atoms with Crippen LogP contribution in [0.1, 0.15) is 78.2 Å². The number of methoxy groups -OCH3 is 1. The Labute approximate surface area is 227 Å². The van der Waals surface area contributed by atoms with Crippen molar-refractivity contribution >= 4 is 11.9 Å². The molecule has 0 aliphatic carbocycles. The van der Waals surface area contributed by atoms with E-state index in [0.717, 1.165) is 44.3 Å². The molecule has 212 valence electrons. The largest absolute Gasteiger partial charge is 0.493 e. The number of benzene rings is 1. The lowest BCUT2D eigenvalue weighted by Gasteiger charge is -2.34. The van der Waals surface area contributed by atoms with Crippen LogP contribution < -0.4 is 14.2 Å². The molecule has 0 radical (unpaired) electrons. The van der Waals surface area contributed by atoms with Crippen molar-refractivity contribution < 1.29 is 28.9 Å². The molecule has 8 heteroatoms. The normalized spacial score (nSPS) is 21.3. The van der Waals surface area contributed by atoms with Gasteiger partial charge in [-0.05, 0) is 49.3 Å². The Kier molecular flexibility index (Phi) is 10.5. The van der Waals surface area contributed by atoms with Crippen molar-refractivity contribution in [1.82, 2.24) is 9.80 Å². The highest BCUT2D eigenvalue weighted by Gasteiger charge is 2.49. The van der Waals surface area contributed by atoms with Crippen molar-refractivity contribution in [1.29, 1.82) is 0 Å². The van der Waals surface area contributed by atoms with Crippen molar-refractivity contribution in [3.05, 3.63) is 29.8 Å². The third-order valence-electron chi connectivity index (χ3n) is 7.75. The van der Waals surface area contributed by atoms with Crippen molar-refractivity contribution in [2.45, 2.75) is 78.7 Å². The zero-order valence-electron chi connectivity index (χ0n) is 24.0. The fraction of sp³-hybridized carbons (Fsp3) is 0.667. The summed E-state index contributed by atoms with van der Waals surface area (Å²) in [5.74, 6) is -0.141. The minimum atomic E-state index is -0.850. The van der Waals surface area contributed by atoms with E-state index < -0.39 is 11.9 Å². The molecule has 0 aromatic heterocycles. The number of hydrogen-bond donors (Lipinski definition) is 1. The average molecular weight is 531 g/mol. The van der Waals surface area contributed by atoms with Crippen LogP contribution in [0.5, 0.6) is 17.2 Å². The van der Waals surface area contributed by atoms with E-state index in [-0.39, 0.29) is 36.6 Å². The predicted octanol–water partition coefficient (Wildman–Crippen LogP) is 5.31. The van der Waals surface area contributed by atoms with Gasteiger partial charge in [-0.15, -0.1) is 0 Å². The van der Waals surface area contributed by atoms with Crippen LogP contribution in [-0.4, -0.2) is 72.9 Å². The van der Waals surface area contributed by atoms with Gasteiger partial charge in [0.15, 0.2) is 11.5 Å². The number of allylic oxidation sites excluding steroid dienone is 2. The predicted molar refractivity (Wildman–Crippen MR) is 148 cm³/mol. The third kappa shape index (κ3) is 7.01. The standard InChI is InChI=1S/C30H46N2O6/c1-7-10-13-31(14-11-8-2)26(33)19-32-18-22(21-15-24(36-6)28-25(16-21)37-20-38-28)27(29(34)35)23(32)17-30(4,5)12-9-3/h9,12,15-16,22-23,27H,7-8,10-11,13-14,17-20H2,1-6H3,(H,34,35). The molecule has 1 saturated heterocycles. The fourth-order valence-corrected chi connectivity index (χ4v) is 5.84. The van der Waals surface area contributed by atoms with Gasteiger partial charge in [-0.2, -0.15) is 0 Å². The molecular weight excluding hydrogens is 484 g/mol. The van der Waals surface area contributed by atoms with Gasteiger partial charge in [0.2, 0.25) is 18.4 Å². The van der Waals surface area contributed by atoms with Gasteiger partial charge in [-0.1, -0.05) is 52.7 Å². The van der Waals surface area contributed by atoms with E-state index in [1.807, 2.05) is 30.0 Å². The molecule has 0 spiro atoms. The van der Waals surface area contributed by atoms with Gasteiger partial charge in [-0.3, -0.25) is 14.5 Å². The lowest BCUT2D eigenvalue weighted by Crippen LogP contribution is -2.45. The van der Waals surface area contributed by atoms with Gasteiger partial charge in [-0.25, -0.2) is 0 Å². The monoisotopic (exact) mass is 530 g/mol. The van der Waals surface area contributed by atoms with Crippen molar-refractivity contribution in [2.75, 3.05) is 40.1 Å². The number of aliphatic carboxylic acids is 1. The molecule has 1 fully saturated rings. The number of nitrogens with zero attached hydrogens (tertiary/aromatic N) is 2.